The molecule has 3 aliphatic rings. The van der Waals surface area contributed by atoms with Crippen molar-refractivity contribution in [2.45, 2.75) is 58.0 Å². The molecule has 0 radical (unpaired) electrons. The van der Waals surface area contributed by atoms with Crippen molar-refractivity contribution in [1.82, 2.24) is 5.32 Å². The molecule has 6 heteroatoms. The Morgan fingerprint density at radius 1 is 1.24 bits per heavy atom. The first-order valence-corrected chi connectivity index (χ1v) is 10.9. The Labute approximate surface area is 180 Å². The van der Waals surface area contributed by atoms with Gasteiger partial charge in [-0.05, 0) is 62.5 Å². The molecule has 162 valence electrons. The van der Waals surface area contributed by atoms with E-state index in [0.29, 0.717) is 36.9 Å². The molecule has 5 nitrogen and oxygen atoms in total. The minimum absolute atomic E-state index is 0. The van der Waals surface area contributed by atoms with Gasteiger partial charge in [0.1, 0.15) is 5.75 Å². The van der Waals surface area contributed by atoms with E-state index in [4.69, 9.17) is 15.2 Å². The summed E-state index contributed by atoms with van der Waals surface area (Å²) in [5, 5.41) is 3.18. The van der Waals surface area contributed by atoms with Crippen LogP contribution in [0.3, 0.4) is 0 Å². The quantitative estimate of drug-likeness (QED) is 0.734. The van der Waals surface area contributed by atoms with E-state index in [1.54, 1.807) is 0 Å². The highest BCUT2D eigenvalue weighted by molar-refractivity contribution is 5.85. The lowest BCUT2D eigenvalue weighted by Crippen LogP contribution is -2.49. The molecule has 1 aromatic rings. The maximum atomic E-state index is 12.8. The number of aryl methyl sites for hydroxylation is 1. The second-order valence-corrected chi connectivity index (χ2v) is 9.07. The number of carbonyl (C=O) groups excluding carboxylic acids is 1. The van der Waals surface area contributed by atoms with Gasteiger partial charge in [0.25, 0.3) is 0 Å². The SMILES string of the molecule is Cc1ccc(CNC(=O)C2CC3CCCC(C2)C3N)c(OCC2CCOC2)c1.Cl. The summed E-state index contributed by atoms with van der Waals surface area (Å²) in [6.45, 7) is 4.88. The molecule has 29 heavy (non-hydrogen) atoms. The monoisotopic (exact) mass is 422 g/mol. The van der Waals surface area contributed by atoms with Crippen LogP contribution in [0.5, 0.6) is 5.75 Å². The van der Waals surface area contributed by atoms with Crippen LogP contribution in [0.4, 0.5) is 0 Å². The van der Waals surface area contributed by atoms with Gasteiger partial charge in [0.2, 0.25) is 5.91 Å². The molecule has 0 aromatic heterocycles. The number of amides is 1. The summed E-state index contributed by atoms with van der Waals surface area (Å²) < 4.78 is 11.5. The molecule has 4 rings (SSSR count). The highest BCUT2D eigenvalue weighted by atomic mass is 35.5. The molecular weight excluding hydrogens is 388 g/mol. The van der Waals surface area contributed by atoms with Crippen LogP contribution in [0.2, 0.25) is 0 Å². The van der Waals surface area contributed by atoms with E-state index in [1.165, 1.54) is 24.8 Å². The molecule has 1 aliphatic heterocycles. The molecule has 1 aromatic carbocycles. The molecular formula is C23H35ClN2O3. The van der Waals surface area contributed by atoms with Gasteiger partial charge in [0.15, 0.2) is 0 Å². The van der Waals surface area contributed by atoms with E-state index in [9.17, 15) is 4.79 Å². The zero-order chi connectivity index (χ0) is 19.5. The molecule has 1 heterocycles. The third-order valence-electron chi connectivity index (χ3n) is 6.96. The van der Waals surface area contributed by atoms with Crippen molar-refractivity contribution < 1.29 is 14.3 Å². The molecule has 1 saturated heterocycles. The third-order valence-corrected chi connectivity index (χ3v) is 6.96. The van der Waals surface area contributed by atoms with E-state index in [-0.39, 0.29) is 24.2 Å². The number of rotatable bonds is 6. The van der Waals surface area contributed by atoms with Crippen LogP contribution in [0.1, 0.15) is 49.7 Å². The van der Waals surface area contributed by atoms with Crippen LogP contribution in [-0.4, -0.2) is 31.8 Å². The fraction of sp³-hybridized carbons (Fsp3) is 0.696. The summed E-state index contributed by atoms with van der Waals surface area (Å²) >= 11 is 0. The Kier molecular flexibility index (Phi) is 7.83. The fourth-order valence-electron chi connectivity index (χ4n) is 5.19. The van der Waals surface area contributed by atoms with Gasteiger partial charge >= 0.3 is 0 Å². The number of carbonyl (C=O) groups is 1. The van der Waals surface area contributed by atoms with Gasteiger partial charge in [-0.1, -0.05) is 18.6 Å². The van der Waals surface area contributed by atoms with Gasteiger partial charge in [0, 0.05) is 36.6 Å². The number of fused-ring (bicyclic) bond motifs is 2. The molecule has 2 bridgehead atoms. The fourth-order valence-corrected chi connectivity index (χ4v) is 5.19. The van der Waals surface area contributed by atoms with Crippen molar-refractivity contribution in [3.63, 3.8) is 0 Å². The number of hydrogen-bond acceptors (Lipinski definition) is 4. The predicted octanol–water partition coefficient (Wildman–Crippen LogP) is 3.60. The Bertz CT molecular complexity index is 679. The summed E-state index contributed by atoms with van der Waals surface area (Å²) in [6, 6.07) is 6.52. The number of nitrogens with one attached hydrogen (secondary N) is 1. The topological polar surface area (TPSA) is 73.6 Å². The first-order valence-electron chi connectivity index (χ1n) is 10.9. The van der Waals surface area contributed by atoms with Crippen molar-refractivity contribution >= 4 is 18.3 Å². The molecule has 2 saturated carbocycles. The van der Waals surface area contributed by atoms with Crippen LogP contribution >= 0.6 is 12.4 Å². The average Bonchev–Trinajstić information content (AvgIpc) is 3.18. The average molecular weight is 423 g/mol. The van der Waals surface area contributed by atoms with Crippen LogP contribution in [0.15, 0.2) is 18.2 Å². The minimum Gasteiger partial charge on any atom is -0.493 e. The van der Waals surface area contributed by atoms with Crippen molar-refractivity contribution in [3.8, 4) is 5.75 Å². The van der Waals surface area contributed by atoms with Gasteiger partial charge in [0.05, 0.1) is 13.2 Å². The highest BCUT2D eigenvalue weighted by Crippen LogP contribution is 2.41. The molecule has 2 aliphatic carbocycles. The summed E-state index contributed by atoms with van der Waals surface area (Å²) in [5.74, 6) is 2.69. The summed E-state index contributed by atoms with van der Waals surface area (Å²) in [7, 11) is 0. The van der Waals surface area contributed by atoms with Gasteiger partial charge in [-0.15, -0.1) is 12.4 Å². The zero-order valence-electron chi connectivity index (χ0n) is 17.4. The van der Waals surface area contributed by atoms with Crippen LogP contribution in [0.25, 0.3) is 0 Å². The third kappa shape index (κ3) is 5.44. The second kappa shape index (κ2) is 10.1. The number of ether oxygens (including phenoxy) is 2. The highest BCUT2D eigenvalue weighted by Gasteiger charge is 2.40. The lowest BCUT2D eigenvalue weighted by Gasteiger charge is -2.43. The Hall–Kier alpha value is -1.30. The van der Waals surface area contributed by atoms with E-state index >= 15 is 0 Å². The van der Waals surface area contributed by atoms with Gasteiger partial charge in [-0.3, -0.25) is 4.79 Å². The lowest BCUT2D eigenvalue weighted by molar-refractivity contribution is -0.128. The molecule has 3 atom stereocenters. The predicted molar refractivity (Wildman–Crippen MR) is 116 cm³/mol. The standard InChI is InChI=1S/C23H34N2O3.ClH/c1-15-5-6-19(21(9-15)28-14-16-7-8-27-13-16)12-25-23(26)20-10-17-3-2-4-18(11-20)22(17)24;/h5-6,9,16-18,20,22H,2-4,7-8,10-14,24H2,1H3,(H,25,26);1H. The Morgan fingerprint density at radius 3 is 2.69 bits per heavy atom. The first kappa shape index (κ1) is 22.4. The van der Waals surface area contributed by atoms with Crippen molar-refractivity contribution in [2.24, 2.45) is 29.4 Å². The lowest BCUT2D eigenvalue weighted by atomic mass is 9.65. The van der Waals surface area contributed by atoms with Crippen molar-refractivity contribution in [2.75, 3.05) is 19.8 Å². The van der Waals surface area contributed by atoms with Crippen LogP contribution in [-0.2, 0) is 16.1 Å². The van der Waals surface area contributed by atoms with Gasteiger partial charge in [-0.25, -0.2) is 0 Å². The maximum Gasteiger partial charge on any atom is 0.223 e. The largest absolute Gasteiger partial charge is 0.493 e. The number of benzene rings is 1. The summed E-state index contributed by atoms with van der Waals surface area (Å²) in [6.07, 6.45) is 6.59. The summed E-state index contributed by atoms with van der Waals surface area (Å²) in [4.78, 5) is 12.8. The second-order valence-electron chi connectivity index (χ2n) is 9.07. The van der Waals surface area contributed by atoms with Gasteiger partial charge in [-0.2, -0.15) is 0 Å². The number of halogens is 1. The maximum absolute atomic E-state index is 12.8. The van der Waals surface area contributed by atoms with Crippen LogP contribution < -0.4 is 15.8 Å². The molecule has 3 N–H and O–H groups in total. The minimum atomic E-state index is 0. The normalized spacial score (nSPS) is 31.0. The number of nitrogens with two attached hydrogens (primary N) is 1. The zero-order valence-corrected chi connectivity index (χ0v) is 18.2. The summed E-state index contributed by atoms with van der Waals surface area (Å²) in [5.41, 5.74) is 8.59. The Morgan fingerprint density at radius 2 is 2.00 bits per heavy atom. The van der Waals surface area contributed by atoms with E-state index in [0.717, 1.165) is 43.8 Å². The molecule has 3 fully saturated rings. The van der Waals surface area contributed by atoms with E-state index in [1.807, 2.05) is 0 Å². The smallest absolute Gasteiger partial charge is 0.223 e. The van der Waals surface area contributed by atoms with Crippen LogP contribution in [0, 0.1) is 30.6 Å². The molecule has 1 amide bonds. The van der Waals surface area contributed by atoms with Crippen molar-refractivity contribution in [1.29, 1.82) is 0 Å². The number of hydrogen-bond donors (Lipinski definition) is 2. The Balaban J connectivity index is 0.00000240. The molecule has 0 spiro atoms. The van der Waals surface area contributed by atoms with Gasteiger partial charge < -0.3 is 20.5 Å². The first-order chi connectivity index (χ1) is 13.6. The van der Waals surface area contributed by atoms with E-state index < -0.39 is 0 Å². The van der Waals surface area contributed by atoms with E-state index in [2.05, 4.69) is 30.4 Å². The molecule has 3 unspecified atom stereocenters. The van der Waals surface area contributed by atoms with Crippen molar-refractivity contribution in [3.05, 3.63) is 29.3 Å².